The number of rotatable bonds is 4. The average molecular weight is 481 g/mol. The first-order chi connectivity index (χ1) is 16.8. The molecule has 35 heavy (non-hydrogen) atoms. The Kier molecular flexibility index (Phi) is 5.88. The van der Waals surface area contributed by atoms with Crippen LogP contribution in [-0.4, -0.2) is 44.7 Å². The zero-order chi connectivity index (χ0) is 24.4. The van der Waals surface area contributed by atoms with Crippen LogP contribution in [0.2, 0.25) is 0 Å². The average Bonchev–Trinajstić information content (AvgIpc) is 3.58. The van der Waals surface area contributed by atoms with Gasteiger partial charge in [-0.05, 0) is 105 Å². The first-order valence-corrected chi connectivity index (χ1v) is 14.5. The maximum atomic E-state index is 13.6. The van der Waals surface area contributed by atoms with Gasteiger partial charge in [0.25, 0.3) is 5.91 Å². The van der Waals surface area contributed by atoms with Gasteiger partial charge >= 0.3 is 0 Å². The lowest BCUT2D eigenvalue weighted by Crippen LogP contribution is -2.53. The SMILES string of the molecule is CC1CCC2(C)C(CCC3C2CCC2(C)C(C(=O)Cn4ncc(C(=O)N5CCCC5)n4)CCC32)C1. The molecule has 6 nitrogen and oxygen atoms in total. The number of carbonyl (C=O) groups is 2. The van der Waals surface area contributed by atoms with Gasteiger partial charge in [-0.2, -0.15) is 9.90 Å². The number of hydrogen-bond acceptors (Lipinski definition) is 4. The van der Waals surface area contributed by atoms with Crippen LogP contribution in [0.4, 0.5) is 0 Å². The molecule has 0 spiro atoms. The van der Waals surface area contributed by atoms with E-state index in [1.807, 2.05) is 4.90 Å². The topological polar surface area (TPSA) is 68.1 Å². The van der Waals surface area contributed by atoms with Crippen molar-refractivity contribution < 1.29 is 9.59 Å². The van der Waals surface area contributed by atoms with Crippen molar-refractivity contribution in [1.82, 2.24) is 19.9 Å². The van der Waals surface area contributed by atoms with Crippen molar-refractivity contribution in [2.75, 3.05) is 13.1 Å². The minimum atomic E-state index is -0.0476. The molecule has 4 aliphatic carbocycles. The molecule has 2 heterocycles. The number of Topliss-reactive ketones (excluding diaryl/α,β-unsaturated/α-hetero) is 1. The van der Waals surface area contributed by atoms with Crippen LogP contribution in [0.3, 0.4) is 0 Å². The Hall–Kier alpha value is -1.72. The van der Waals surface area contributed by atoms with E-state index in [4.69, 9.17) is 0 Å². The molecule has 192 valence electrons. The molecule has 0 radical (unpaired) electrons. The molecular formula is C29H44N4O2. The van der Waals surface area contributed by atoms with Crippen LogP contribution >= 0.6 is 0 Å². The van der Waals surface area contributed by atoms with Gasteiger partial charge < -0.3 is 4.90 Å². The summed E-state index contributed by atoms with van der Waals surface area (Å²) < 4.78 is 0. The van der Waals surface area contributed by atoms with Crippen LogP contribution in [0.15, 0.2) is 6.20 Å². The van der Waals surface area contributed by atoms with E-state index in [1.54, 1.807) is 6.20 Å². The number of amides is 1. The van der Waals surface area contributed by atoms with Gasteiger partial charge in [-0.3, -0.25) is 9.59 Å². The zero-order valence-electron chi connectivity index (χ0n) is 22.0. The fraction of sp³-hybridized carbons (Fsp3) is 0.862. The van der Waals surface area contributed by atoms with Gasteiger partial charge in [0.1, 0.15) is 6.54 Å². The van der Waals surface area contributed by atoms with E-state index in [2.05, 4.69) is 31.0 Å². The first kappa shape index (κ1) is 23.7. The summed E-state index contributed by atoms with van der Waals surface area (Å²) in [4.78, 5) is 29.6. The van der Waals surface area contributed by atoms with Crippen molar-refractivity contribution in [3.05, 3.63) is 11.9 Å². The van der Waals surface area contributed by atoms with E-state index < -0.39 is 0 Å². The summed E-state index contributed by atoms with van der Waals surface area (Å²) in [7, 11) is 0. The van der Waals surface area contributed by atoms with E-state index in [1.165, 1.54) is 56.2 Å². The minimum Gasteiger partial charge on any atom is -0.337 e. The quantitative estimate of drug-likeness (QED) is 0.580. The predicted octanol–water partition coefficient (Wildman–Crippen LogP) is 5.38. The summed E-state index contributed by atoms with van der Waals surface area (Å²) in [5.74, 6) is 4.48. The third-order valence-electron chi connectivity index (χ3n) is 11.8. The van der Waals surface area contributed by atoms with Crippen LogP contribution < -0.4 is 0 Å². The molecule has 0 aromatic carbocycles. The lowest BCUT2D eigenvalue weighted by Gasteiger charge is -2.61. The summed E-state index contributed by atoms with van der Waals surface area (Å²) >= 11 is 0. The van der Waals surface area contributed by atoms with E-state index >= 15 is 0 Å². The molecule has 1 amide bonds. The highest BCUT2D eigenvalue weighted by Gasteiger charge is 2.61. The maximum absolute atomic E-state index is 13.6. The van der Waals surface area contributed by atoms with Crippen LogP contribution in [0.25, 0.3) is 0 Å². The molecule has 5 aliphatic rings. The van der Waals surface area contributed by atoms with E-state index in [9.17, 15) is 9.59 Å². The summed E-state index contributed by atoms with van der Waals surface area (Å²) in [6.45, 7) is 9.31. The molecule has 1 saturated heterocycles. The largest absolute Gasteiger partial charge is 0.337 e. The second kappa shape index (κ2) is 8.69. The Morgan fingerprint density at radius 3 is 2.51 bits per heavy atom. The number of carbonyl (C=O) groups excluding carboxylic acids is 2. The predicted molar refractivity (Wildman–Crippen MR) is 135 cm³/mol. The minimum absolute atomic E-state index is 0.0476. The number of likely N-dealkylation sites (tertiary alicyclic amines) is 1. The molecule has 5 fully saturated rings. The molecule has 0 bridgehead atoms. The zero-order valence-corrected chi connectivity index (χ0v) is 22.0. The molecule has 4 saturated carbocycles. The van der Waals surface area contributed by atoms with Gasteiger partial charge in [-0.15, -0.1) is 5.10 Å². The molecule has 1 aromatic heterocycles. The van der Waals surface area contributed by atoms with Crippen molar-refractivity contribution in [2.24, 2.45) is 46.3 Å². The van der Waals surface area contributed by atoms with Crippen molar-refractivity contribution in [3.8, 4) is 0 Å². The normalized spacial score (nSPS) is 42.9. The van der Waals surface area contributed by atoms with Crippen molar-refractivity contribution in [1.29, 1.82) is 0 Å². The Morgan fingerprint density at radius 2 is 1.71 bits per heavy atom. The van der Waals surface area contributed by atoms with Gasteiger partial charge in [-0.1, -0.05) is 27.2 Å². The van der Waals surface area contributed by atoms with Crippen LogP contribution in [0, 0.1) is 46.3 Å². The van der Waals surface area contributed by atoms with Gasteiger partial charge in [0, 0.05) is 19.0 Å². The van der Waals surface area contributed by atoms with Crippen LogP contribution in [0.1, 0.15) is 102 Å². The van der Waals surface area contributed by atoms with Gasteiger partial charge in [0.05, 0.1) is 6.20 Å². The lowest BCUT2D eigenvalue weighted by molar-refractivity contribution is -0.137. The summed E-state index contributed by atoms with van der Waals surface area (Å²) in [6, 6.07) is 0. The second-order valence-corrected chi connectivity index (χ2v) is 13.4. The number of aromatic nitrogens is 3. The monoisotopic (exact) mass is 480 g/mol. The van der Waals surface area contributed by atoms with Gasteiger partial charge in [-0.25, -0.2) is 0 Å². The third kappa shape index (κ3) is 3.80. The smallest absolute Gasteiger partial charge is 0.276 e. The van der Waals surface area contributed by atoms with E-state index in [-0.39, 0.29) is 29.6 Å². The molecule has 1 aliphatic heterocycles. The summed E-state index contributed by atoms with van der Waals surface area (Å²) in [5.41, 5.74) is 1.02. The molecule has 1 aromatic rings. The maximum Gasteiger partial charge on any atom is 0.276 e. The molecule has 0 N–H and O–H groups in total. The third-order valence-corrected chi connectivity index (χ3v) is 11.8. The fourth-order valence-corrected chi connectivity index (χ4v) is 9.80. The number of hydrogen-bond donors (Lipinski definition) is 0. The standard InChI is InChI=1S/C29H44N4O2/c1-19-10-12-28(2)20(16-19)6-7-21-22-8-9-24(29(22,3)13-11-23(21)28)26(34)18-33-30-17-25(31-33)27(35)32-14-4-5-15-32/h17,19-24H,4-16,18H2,1-3H3. The lowest BCUT2D eigenvalue weighted by atomic mass is 9.44. The number of nitrogens with zero attached hydrogens (tertiary/aromatic N) is 4. The highest BCUT2D eigenvalue weighted by molar-refractivity contribution is 5.92. The highest BCUT2D eigenvalue weighted by Crippen LogP contribution is 2.67. The molecular weight excluding hydrogens is 436 g/mol. The first-order valence-electron chi connectivity index (χ1n) is 14.5. The Labute approximate surface area is 210 Å². The summed E-state index contributed by atoms with van der Waals surface area (Å²) in [6.07, 6.45) is 15.4. The number of ketones is 1. The second-order valence-electron chi connectivity index (χ2n) is 13.4. The van der Waals surface area contributed by atoms with Crippen LogP contribution in [0.5, 0.6) is 0 Å². The Bertz CT molecular complexity index is 983. The fourth-order valence-electron chi connectivity index (χ4n) is 9.80. The Balaban J connectivity index is 1.14. The Morgan fingerprint density at radius 1 is 0.971 bits per heavy atom. The number of fused-ring (bicyclic) bond motifs is 5. The van der Waals surface area contributed by atoms with Crippen molar-refractivity contribution in [2.45, 2.75) is 97.9 Å². The molecule has 8 atom stereocenters. The molecule has 8 unspecified atom stereocenters. The summed E-state index contributed by atoms with van der Waals surface area (Å²) in [5, 5.41) is 8.72. The van der Waals surface area contributed by atoms with Crippen LogP contribution in [-0.2, 0) is 11.3 Å². The van der Waals surface area contributed by atoms with E-state index in [0.29, 0.717) is 17.0 Å². The van der Waals surface area contributed by atoms with Crippen molar-refractivity contribution >= 4 is 11.7 Å². The van der Waals surface area contributed by atoms with Gasteiger partial charge in [0.2, 0.25) is 0 Å². The molecule has 6 rings (SSSR count). The van der Waals surface area contributed by atoms with E-state index in [0.717, 1.165) is 56.0 Å². The van der Waals surface area contributed by atoms with Gasteiger partial charge in [0.15, 0.2) is 11.5 Å². The highest BCUT2D eigenvalue weighted by atomic mass is 16.2. The molecule has 6 heteroatoms. The van der Waals surface area contributed by atoms with Crippen molar-refractivity contribution in [3.63, 3.8) is 0 Å².